The standard InChI is InChI=1S/C15H21NO4/c1-10(2)8-19-13-7-11(5-6-12(13)18-4)15(3)9-16-14(17)20-15/h5-7,10H,8-9H2,1-4H3,(H,16,17). The van der Waals surface area contributed by atoms with Crippen LogP contribution >= 0.6 is 0 Å². The molecular formula is C15H21NO4. The molecule has 1 saturated heterocycles. The normalized spacial score (nSPS) is 21.6. The summed E-state index contributed by atoms with van der Waals surface area (Å²) in [5.41, 5.74) is 0.217. The van der Waals surface area contributed by atoms with Crippen LogP contribution in [0, 0.1) is 5.92 Å². The molecule has 0 spiro atoms. The lowest BCUT2D eigenvalue weighted by Crippen LogP contribution is -2.26. The van der Waals surface area contributed by atoms with Gasteiger partial charge < -0.3 is 19.5 Å². The van der Waals surface area contributed by atoms with E-state index in [9.17, 15) is 4.79 Å². The zero-order valence-corrected chi connectivity index (χ0v) is 12.4. The van der Waals surface area contributed by atoms with E-state index in [-0.39, 0.29) is 0 Å². The minimum atomic E-state index is -0.667. The van der Waals surface area contributed by atoms with Gasteiger partial charge in [0.2, 0.25) is 0 Å². The van der Waals surface area contributed by atoms with E-state index < -0.39 is 11.7 Å². The van der Waals surface area contributed by atoms with Crippen LogP contribution < -0.4 is 14.8 Å². The van der Waals surface area contributed by atoms with Gasteiger partial charge in [0.15, 0.2) is 17.1 Å². The Morgan fingerprint density at radius 1 is 1.40 bits per heavy atom. The molecule has 1 amide bonds. The molecule has 1 unspecified atom stereocenters. The van der Waals surface area contributed by atoms with Crippen molar-refractivity contribution in [2.45, 2.75) is 26.4 Å². The fourth-order valence-electron chi connectivity index (χ4n) is 2.05. The van der Waals surface area contributed by atoms with Crippen molar-refractivity contribution in [2.24, 2.45) is 5.92 Å². The van der Waals surface area contributed by atoms with Crippen LogP contribution in [0.1, 0.15) is 26.3 Å². The summed E-state index contributed by atoms with van der Waals surface area (Å²) >= 11 is 0. The minimum Gasteiger partial charge on any atom is -0.493 e. The van der Waals surface area contributed by atoms with Crippen molar-refractivity contribution >= 4 is 6.09 Å². The van der Waals surface area contributed by atoms with Gasteiger partial charge in [0.25, 0.3) is 0 Å². The number of alkyl carbamates (subject to hydrolysis) is 1. The first-order valence-corrected chi connectivity index (χ1v) is 6.73. The smallest absolute Gasteiger partial charge is 0.408 e. The molecule has 0 radical (unpaired) electrons. The highest BCUT2D eigenvalue weighted by Crippen LogP contribution is 2.35. The van der Waals surface area contributed by atoms with Gasteiger partial charge in [0, 0.05) is 5.56 Å². The maximum absolute atomic E-state index is 11.3. The van der Waals surface area contributed by atoms with Crippen LogP contribution in [0.4, 0.5) is 4.79 Å². The molecule has 1 aliphatic rings. The molecule has 1 heterocycles. The molecule has 2 rings (SSSR count). The number of hydrogen-bond donors (Lipinski definition) is 1. The fraction of sp³-hybridized carbons (Fsp3) is 0.533. The molecule has 1 fully saturated rings. The number of carbonyl (C=O) groups excluding carboxylic acids is 1. The molecule has 0 bridgehead atoms. The van der Waals surface area contributed by atoms with Gasteiger partial charge in [0.05, 0.1) is 20.3 Å². The van der Waals surface area contributed by atoms with Gasteiger partial charge in [-0.1, -0.05) is 19.9 Å². The monoisotopic (exact) mass is 279 g/mol. The Kier molecular flexibility index (Phi) is 4.06. The summed E-state index contributed by atoms with van der Waals surface area (Å²) < 4.78 is 16.4. The van der Waals surface area contributed by atoms with Gasteiger partial charge in [0.1, 0.15) is 0 Å². The lowest BCUT2D eigenvalue weighted by Gasteiger charge is -2.23. The number of cyclic esters (lactones) is 1. The Morgan fingerprint density at radius 3 is 2.70 bits per heavy atom. The molecule has 5 heteroatoms. The molecule has 1 aromatic carbocycles. The van der Waals surface area contributed by atoms with E-state index in [0.717, 1.165) is 5.56 Å². The molecule has 20 heavy (non-hydrogen) atoms. The van der Waals surface area contributed by atoms with E-state index in [2.05, 4.69) is 19.2 Å². The predicted molar refractivity (Wildman–Crippen MR) is 75.2 cm³/mol. The van der Waals surface area contributed by atoms with Crippen molar-refractivity contribution in [1.29, 1.82) is 0 Å². The molecule has 1 N–H and O–H groups in total. The summed E-state index contributed by atoms with van der Waals surface area (Å²) in [6.07, 6.45) is -0.395. The Bertz CT molecular complexity index is 501. The Morgan fingerprint density at radius 2 is 2.15 bits per heavy atom. The van der Waals surface area contributed by atoms with Crippen LogP contribution in [0.2, 0.25) is 0 Å². The van der Waals surface area contributed by atoms with E-state index in [0.29, 0.717) is 30.6 Å². The average molecular weight is 279 g/mol. The lowest BCUT2D eigenvalue weighted by atomic mass is 9.96. The fourth-order valence-corrected chi connectivity index (χ4v) is 2.05. The second-order valence-electron chi connectivity index (χ2n) is 5.54. The van der Waals surface area contributed by atoms with Crippen molar-refractivity contribution in [1.82, 2.24) is 5.32 Å². The molecule has 1 atom stereocenters. The van der Waals surface area contributed by atoms with E-state index in [1.54, 1.807) is 7.11 Å². The SMILES string of the molecule is COc1ccc(C2(C)CNC(=O)O2)cc1OCC(C)C. The first-order valence-electron chi connectivity index (χ1n) is 6.73. The quantitative estimate of drug-likeness (QED) is 0.900. The summed E-state index contributed by atoms with van der Waals surface area (Å²) in [4.78, 5) is 11.3. The number of carbonyl (C=O) groups is 1. The lowest BCUT2D eigenvalue weighted by molar-refractivity contribution is 0.0701. The number of nitrogens with one attached hydrogen (secondary N) is 1. The number of amides is 1. The third-order valence-electron chi connectivity index (χ3n) is 3.23. The van der Waals surface area contributed by atoms with Crippen molar-refractivity contribution in [2.75, 3.05) is 20.3 Å². The van der Waals surface area contributed by atoms with Crippen LogP contribution in [0.3, 0.4) is 0 Å². The number of ether oxygens (including phenoxy) is 3. The predicted octanol–water partition coefficient (Wildman–Crippen LogP) is 2.69. The average Bonchev–Trinajstić information content (AvgIpc) is 2.77. The molecular weight excluding hydrogens is 258 g/mol. The minimum absolute atomic E-state index is 0.395. The van der Waals surface area contributed by atoms with E-state index >= 15 is 0 Å². The number of rotatable bonds is 5. The molecule has 0 saturated carbocycles. The first-order chi connectivity index (χ1) is 9.44. The Balaban J connectivity index is 2.27. The second-order valence-corrected chi connectivity index (χ2v) is 5.54. The van der Waals surface area contributed by atoms with Gasteiger partial charge >= 0.3 is 6.09 Å². The van der Waals surface area contributed by atoms with Gasteiger partial charge in [-0.05, 0) is 25.0 Å². The van der Waals surface area contributed by atoms with Crippen molar-refractivity contribution in [3.05, 3.63) is 23.8 Å². The van der Waals surface area contributed by atoms with Crippen LogP contribution in [-0.2, 0) is 10.3 Å². The van der Waals surface area contributed by atoms with E-state index in [4.69, 9.17) is 14.2 Å². The van der Waals surface area contributed by atoms with Crippen molar-refractivity contribution in [3.8, 4) is 11.5 Å². The zero-order valence-electron chi connectivity index (χ0n) is 12.4. The number of benzene rings is 1. The van der Waals surface area contributed by atoms with Crippen LogP contribution in [0.5, 0.6) is 11.5 Å². The van der Waals surface area contributed by atoms with Crippen LogP contribution in [0.15, 0.2) is 18.2 Å². The van der Waals surface area contributed by atoms with E-state index in [1.807, 2.05) is 25.1 Å². The summed E-state index contributed by atoms with van der Waals surface area (Å²) in [6, 6.07) is 5.60. The van der Waals surface area contributed by atoms with Crippen molar-refractivity contribution in [3.63, 3.8) is 0 Å². The van der Waals surface area contributed by atoms with E-state index in [1.165, 1.54) is 0 Å². The molecule has 5 nitrogen and oxygen atoms in total. The highest BCUT2D eigenvalue weighted by atomic mass is 16.6. The molecule has 0 aliphatic carbocycles. The summed E-state index contributed by atoms with van der Waals surface area (Å²) in [6.45, 7) is 7.09. The second kappa shape index (κ2) is 5.61. The third-order valence-corrected chi connectivity index (χ3v) is 3.23. The van der Waals surface area contributed by atoms with Gasteiger partial charge in [-0.3, -0.25) is 0 Å². The first kappa shape index (κ1) is 14.5. The Hall–Kier alpha value is -1.91. The van der Waals surface area contributed by atoms with Crippen LogP contribution in [0.25, 0.3) is 0 Å². The summed E-state index contributed by atoms with van der Waals surface area (Å²) in [5, 5.41) is 2.67. The highest BCUT2D eigenvalue weighted by molar-refractivity contribution is 5.70. The van der Waals surface area contributed by atoms with Gasteiger partial charge in [-0.25, -0.2) is 4.79 Å². The largest absolute Gasteiger partial charge is 0.493 e. The van der Waals surface area contributed by atoms with Crippen molar-refractivity contribution < 1.29 is 19.0 Å². The topological polar surface area (TPSA) is 56.8 Å². The summed E-state index contributed by atoms with van der Waals surface area (Å²) in [5.74, 6) is 1.77. The molecule has 1 aromatic rings. The number of methoxy groups -OCH3 is 1. The summed E-state index contributed by atoms with van der Waals surface area (Å²) in [7, 11) is 1.61. The maximum atomic E-state index is 11.3. The molecule has 1 aliphatic heterocycles. The molecule has 110 valence electrons. The van der Waals surface area contributed by atoms with Crippen LogP contribution in [-0.4, -0.2) is 26.4 Å². The number of hydrogen-bond acceptors (Lipinski definition) is 4. The van der Waals surface area contributed by atoms with Gasteiger partial charge in [-0.15, -0.1) is 0 Å². The van der Waals surface area contributed by atoms with Gasteiger partial charge in [-0.2, -0.15) is 0 Å². The maximum Gasteiger partial charge on any atom is 0.408 e. The highest BCUT2D eigenvalue weighted by Gasteiger charge is 2.37. The molecule has 0 aromatic heterocycles. The Labute approximate surface area is 119 Å². The zero-order chi connectivity index (χ0) is 14.8. The third kappa shape index (κ3) is 2.98.